The summed E-state index contributed by atoms with van der Waals surface area (Å²) in [4.78, 5) is 12.9. The van der Waals surface area contributed by atoms with Crippen molar-refractivity contribution in [2.24, 2.45) is 0 Å². The normalized spacial score (nSPS) is 10.3. The van der Waals surface area contributed by atoms with Crippen LogP contribution in [0.3, 0.4) is 0 Å². The van der Waals surface area contributed by atoms with Crippen LogP contribution < -0.4 is 5.32 Å². The Morgan fingerprint density at radius 1 is 1.41 bits per heavy atom. The summed E-state index contributed by atoms with van der Waals surface area (Å²) < 4.78 is 0. The molecule has 0 aromatic heterocycles. The van der Waals surface area contributed by atoms with Gasteiger partial charge in [-0.3, -0.25) is 4.79 Å². The van der Waals surface area contributed by atoms with E-state index in [1.807, 2.05) is 18.4 Å². The number of unbranched alkanes of at least 4 members (excludes halogenated alkanes) is 2. The summed E-state index contributed by atoms with van der Waals surface area (Å²) in [6, 6.07) is 5.53. The van der Waals surface area contributed by atoms with E-state index >= 15 is 0 Å². The van der Waals surface area contributed by atoms with Crippen LogP contribution in [0.25, 0.3) is 0 Å². The molecule has 0 aliphatic rings. The molecule has 0 aliphatic carbocycles. The molecule has 0 bridgehead atoms. The van der Waals surface area contributed by atoms with Crippen molar-refractivity contribution >= 4 is 29.3 Å². The molecular formula is C13H18ClNOS. The molecule has 0 fully saturated rings. The van der Waals surface area contributed by atoms with Gasteiger partial charge in [-0.2, -0.15) is 0 Å². The van der Waals surface area contributed by atoms with Crippen LogP contribution in [0, 0.1) is 0 Å². The van der Waals surface area contributed by atoms with Crippen molar-refractivity contribution in [3.8, 4) is 0 Å². The predicted molar refractivity (Wildman–Crippen MR) is 75.1 cm³/mol. The van der Waals surface area contributed by atoms with E-state index in [-0.39, 0.29) is 5.91 Å². The van der Waals surface area contributed by atoms with E-state index in [1.165, 1.54) is 0 Å². The van der Waals surface area contributed by atoms with Gasteiger partial charge in [0.25, 0.3) is 5.91 Å². The molecule has 0 radical (unpaired) electrons. The summed E-state index contributed by atoms with van der Waals surface area (Å²) in [5, 5.41) is 3.40. The quantitative estimate of drug-likeness (QED) is 0.626. The summed E-state index contributed by atoms with van der Waals surface area (Å²) in [6.45, 7) is 2.85. The van der Waals surface area contributed by atoms with Crippen molar-refractivity contribution in [3.05, 3.63) is 28.8 Å². The molecule has 0 unspecified atom stereocenters. The van der Waals surface area contributed by atoms with E-state index in [4.69, 9.17) is 11.6 Å². The molecule has 0 heterocycles. The van der Waals surface area contributed by atoms with Crippen molar-refractivity contribution in [1.29, 1.82) is 0 Å². The monoisotopic (exact) mass is 271 g/mol. The first-order valence-corrected chi connectivity index (χ1v) is 7.41. The highest BCUT2D eigenvalue weighted by atomic mass is 35.5. The molecular weight excluding hydrogens is 254 g/mol. The number of amides is 1. The largest absolute Gasteiger partial charge is 0.352 e. The standard InChI is InChI=1S/C13H18ClNOS/c1-3-4-5-8-15-13(16)11-9-10(17-2)6-7-12(11)14/h6-7,9H,3-5,8H2,1-2H3,(H,15,16). The Morgan fingerprint density at radius 2 is 2.18 bits per heavy atom. The van der Waals surface area contributed by atoms with E-state index < -0.39 is 0 Å². The number of nitrogens with one attached hydrogen (secondary N) is 1. The number of hydrogen-bond acceptors (Lipinski definition) is 2. The van der Waals surface area contributed by atoms with Crippen molar-refractivity contribution in [1.82, 2.24) is 5.32 Å². The SMILES string of the molecule is CCCCCNC(=O)c1cc(SC)ccc1Cl. The maximum atomic E-state index is 11.9. The molecule has 4 heteroatoms. The highest BCUT2D eigenvalue weighted by molar-refractivity contribution is 7.98. The van der Waals surface area contributed by atoms with Gasteiger partial charge in [-0.25, -0.2) is 0 Å². The third-order valence-corrected chi connectivity index (χ3v) is 3.54. The number of thioether (sulfide) groups is 1. The second kappa shape index (κ2) is 7.62. The first-order valence-electron chi connectivity index (χ1n) is 5.80. The molecule has 17 heavy (non-hydrogen) atoms. The molecule has 0 atom stereocenters. The van der Waals surface area contributed by atoms with E-state index in [0.29, 0.717) is 17.1 Å². The van der Waals surface area contributed by atoms with Crippen LogP contribution in [-0.4, -0.2) is 18.7 Å². The van der Waals surface area contributed by atoms with Crippen LogP contribution in [0.15, 0.2) is 23.1 Å². The molecule has 1 aromatic rings. The van der Waals surface area contributed by atoms with Gasteiger partial charge in [0.15, 0.2) is 0 Å². The van der Waals surface area contributed by atoms with Crippen molar-refractivity contribution < 1.29 is 4.79 Å². The summed E-state index contributed by atoms with van der Waals surface area (Å²) in [7, 11) is 0. The summed E-state index contributed by atoms with van der Waals surface area (Å²) in [5.74, 6) is -0.0815. The topological polar surface area (TPSA) is 29.1 Å². The summed E-state index contributed by atoms with van der Waals surface area (Å²) in [5.41, 5.74) is 0.565. The molecule has 0 spiro atoms. The minimum Gasteiger partial charge on any atom is -0.352 e. The minimum absolute atomic E-state index is 0.0815. The van der Waals surface area contributed by atoms with Gasteiger partial charge in [0.2, 0.25) is 0 Å². The van der Waals surface area contributed by atoms with Crippen LogP contribution >= 0.6 is 23.4 Å². The van der Waals surface area contributed by atoms with Crippen molar-refractivity contribution in [3.63, 3.8) is 0 Å². The van der Waals surface area contributed by atoms with E-state index in [1.54, 1.807) is 17.8 Å². The number of carbonyl (C=O) groups is 1. The third kappa shape index (κ3) is 4.60. The van der Waals surface area contributed by atoms with Crippen LogP contribution in [0.2, 0.25) is 5.02 Å². The van der Waals surface area contributed by atoms with Gasteiger partial charge in [-0.15, -0.1) is 11.8 Å². The Hall–Kier alpha value is -0.670. The lowest BCUT2D eigenvalue weighted by Crippen LogP contribution is -2.24. The molecule has 0 saturated heterocycles. The first kappa shape index (κ1) is 14.4. The van der Waals surface area contributed by atoms with Gasteiger partial charge < -0.3 is 5.32 Å². The fraction of sp³-hybridized carbons (Fsp3) is 0.462. The van der Waals surface area contributed by atoms with Crippen LogP contribution in [-0.2, 0) is 0 Å². The summed E-state index contributed by atoms with van der Waals surface area (Å²) in [6.07, 6.45) is 5.28. The Balaban J connectivity index is 2.61. The fourth-order valence-corrected chi connectivity index (χ4v) is 2.12. The average Bonchev–Trinajstić information content (AvgIpc) is 2.35. The zero-order chi connectivity index (χ0) is 12.7. The minimum atomic E-state index is -0.0815. The molecule has 1 rings (SSSR count). The number of benzene rings is 1. The van der Waals surface area contributed by atoms with Gasteiger partial charge in [0, 0.05) is 11.4 Å². The zero-order valence-corrected chi connectivity index (χ0v) is 11.8. The molecule has 1 N–H and O–H groups in total. The second-order valence-corrected chi connectivity index (χ2v) is 5.10. The molecule has 0 aliphatic heterocycles. The summed E-state index contributed by atoms with van der Waals surface area (Å²) >= 11 is 7.62. The van der Waals surface area contributed by atoms with E-state index in [9.17, 15) is 4.79 Å². The molecule has 1 aromatic carbocycles. The van der Waals surface area contributed by atoms with Crippen molar-refractivity contribution in [2.45, 2.75) is 31.1 Å². The highest BCUT2D eigenvalue weighted by Crippen LogP contribution is 2.22. The first-order chi connectivity index (χ1) is 8.19. The average molecular weight is 272 g/mol. The van der Waals surface area contributed by atoms with Gasteiger partial charge in [0.1, 0.15) is 0 Å². The number of carbonyl (C=O) groups excluding carboxylic acids is 1. The molecule has 0 saturated carbocycles. The number of rotatable bonds is 6. The Kier molecular flexibility index (Phi) is 6.45. The molecule has 1 amide bonds. The molecule has 2 nitrogen and oxygen atoms in total. The van der Waals surface area contributed by atoms with E-state index in [0.717, 1.165) is 24.2 Å². The Bertz CT molecular complexity index is 382. The van der Waals surface area contributed by atoms with Crippen LogP contribution in [0.1, 0.15) is 36.5 Å². The fourth-order valence-electron chi connectivity index (χ4n) is 1.48. The number of halogens is 1. The lowest BCUT2D eigenvalue weighted by molar-refractivity contribution is 0.0953. The van der Waals surface area contributed by atoms with Gasteiger partial charge >= 0.3 is 0 Å². The van der Waals surface area contributed by atoms with E-state index in [2.05, 4.69) is 12.2 Å². The Labute approximate surface area is 112 Å². The smallest absolute Gasteiger partial charge is 0.252 e. The lowest BCUT2D eigenvalue weighted by Gasteiger charge is -2.07. The third-order valence-electron chi connectivity index (χ3n) is 2.48. The number of hydrogen-bond donors (Lipinski definition) is 1. The maximum absolute atomic E-state index is 11.9. The molecule has 94 valence electrons. The van der Waals surface area contributed by atoms with Gasteiger partial charge in [0.05, 0.1) is 10.6 Å². The highest BCUT2D eigenvalue weighted by Gasteiger charge is 2.10. The lowest BCUT2D eigenvalue weighted by atomic mass is 10.2. The van der Waals surface area contributed by atoms with Crippen LogP contribution in [0.5, 0.6) is 0 Å². The van der Waals surface area contributed by atoms with Gasteiger partial charge in [-0.05, 0) is 30.9 Å². The van der Waals surface area contributed by atoms with Crippen molar-refractivity contribution in [2.75, 3.05) is 12.8 Å². The van der Waals surface area contributed by atoms with Crippen LogP contribution in [0.4, 0.5) is 0 Å². The maximum Gasteiger partial charge on any atom is 0.252 e. The predicted octanol–water partition coefficient (Wildman–Crippen LogP) is 3.98. The zero-order valence-electron chi connectivity index (χ0n) is 10.3. The van der Waals surface area contributed by atoms with Gasteiger partial charge in [-0.1, -0.05) is 31.4 Å². The second-order valence-electron chi connectivity index (χ2n) is 3.81. The Morgan fingerprint density at radius 3 is 2.82 bits per heavy atom.